The fourth-order valence-electron chi connectivity index (χ4n) is 2.56. The highest BCUT2D eigenvalue weighted by atomic mass is 16.6. The minimum absolute atomic E-state index is 0.0826. The van der Waals surface area contributed by atoms with E-state index in [1.165, 1.54) is 6.20 Å². The molecule has 0 radical (unpaired) electrons. The smallest absolute Gasteiger partial charge is 0.329 e. The van der Waals surface area contributed by atoms with Gasteiger partial charge in [0.25, 0.3) is 0 Å². The van der Waals surface area contributed by atoms with Gasteiger partial charge in [-0.25, -0.2) is 4.98 Å². The van der Waals surface area contributed by atoms with Gasteiger partial charge in [0.1, 0.15) is 6.20 Å². The largest absolute Gasteiger partial charge is 0.364 e. The number of nitro groups is 1. The third-order valence-electron chi connectivity index (χ3n) is 3.58. The Bertz CT molecular complexity index is 496. The topological polar surface area (TPSA) is 96.2 Å². The van der Waals surface area contributed by atoms with Crippen LogP contribution in [0.5, 0.6) is 0 Å². The fraction of sp³-hybridized carbons (Fsp3) is 0.692. The first-order chi connectivity index (χ1) is 10.1. The molecule has 1 aromatic rings. The van der Waals surface area contributed by atoms with Crippen LogP contribution in [0.4, 0.5) is 17.5 Å². The summed E-state index contributed by atoms with van der Waals surface area (Å²) in [6, 6.07) is 0. The van der Waals surface area contributed by atoms with E-state index in [1.807, 2.05) is 6.92 Å². The van der Waals surface area contributed by atoms with Gasteiger partial charge in [0.2, 0.25) is 11.8 Å². The number of nitrogens with zero attached hydrogens (tertiary/aromatic N) is 4. The summed E-state index contributed by atoms with van der Waals surface area (Å²) in [5.41, 5.74) is -0.0826. The maximum atomic E-state index is 11.1. The van der Waals surface area contributed by atoms with Gasteiger partial charge in [0.15, 0.2) is 0 Å². The van der Waals surface area contributed by atoms with Crippen LogP contribution in [0.3, 0.4) is 0 Å². The highest BCUT2D eigenvalue weighted by molar-refractivity contribution is 5.56. The van der Waals surface area contributed by atoms with E-state index in [1.54, 1.807) is 0 Å². The highest BCUT2D eigenvalue weighted by Gasteiger charge is 2.21. The van der Waals surface area contributed by atoms with Gasteiger partial charge in [-0.2, -0.15) is 4.98 Å². The molecule has 2 rings (SSSR count). The summed E-state index contributed by atoms with van der Waals surface area (Å²) in [4.78, 5) is 21.0. The average molecular weight is 294 g/mol. The third kappa shape index (κ3) is 4.25. The Morgan fingerprint density at radius 2 is 2.33 bits per heavy atom. The van der Waals surface area contributed by atoms with Crippen LogP contribution in [0.25, 0.3) is 0 Å². The van der Waals surface area contributed by atoms with E-state index in [4.69, 9.17) is 0 Å². The lowest BCUT2D eigenvalue weighted by atomic mass is 9.98. The molecule has 8 heteroatoms. The number of aromatic nitrogens is 2. The van der Waals surface area contributed by atoms with Crippen LogP contribution in [-0.4, -0.2) is 53.0 Å². The van der Waals surface area contributed by atoms with Crippen LogP contribution in [0, 0.1) is 16.0 Å². The van der Waals surface area contributed by atoms with Gasteiger partial charge in [0, 0.05) is 19.6 Å². The average Bonchev–Trinajstić information content (AvgIpc) is 2.45. The van der Waals surface area contributed by atoms with Gasteiger partial charge in [0.05, 0.1) is 4.92 Å². The second kappa shape index (κ2) is 7.16. The lowest BCUT2D eigenvalue weighted by molar-refractivity contribution is -0.384. The zero-order valence-corrected chi connectivity index (χ0v) is 12.5. The molecular weight excluding hydrogens is 272 g/mol. The molecule has 1 atom stereocenters. The Kier molecular flexibility index (Phi) is 5.26. The van der Waals surface area contributed by atoms with Crippen LogP contribution in [0.1, 0.15) is 19.8 Å². The molecule has 2 heterocycles. The predicted molar refractivity (Wildman–Crippen MR) is 81.6 cm³/mol. The number of hydrogen-bond donors (Lipinski definition) is 2. The number of hydrogen-bond acceptors (Lipinski definition) is 7. The normalized spacial score (nSPS) is 19.2. The molecule has 0 aliphatic carbocycles. The van der Waals surface area contributed by atoms with Gasteiger partial charge in [-0.3, -0.25) is 10.1 Å². The first kappa shape index (κ1) is 15.4. The first-order valence-corrected chi connectivity index (χ1v) is 7.28. The van der Waals surface area contributed by atoms with Crippen molar-refractivity contribution in [2.45, 2.75) is 19.8 Å². The summed E-state index contributed by atoms with van der Waals surface area (Å²) < 4.78 is 0. The summed E-state index contributed by atoms with van der Waals surface area (Å²) in [6.45, 7) is 5.41. The molecule has 1 aromatic heterocycles. The van der Waals surface area contributed by atoms with Crippen LogP contribution in [0.2, 0.25) is 0 Å². The Morgan fingerprint density at radius 3 is 3.00 bits per heavy atom. The van der Waals surface area contributed by atoms with Crippen molar-refractivity contribution in [3.05, 3.63) is 16.3 Å². The molecule has 8 nitrogen and oxygen atoms in total. The molecule has 21 heavy (non-hydrogen) atoms. The predicted octanol–water partition coefficient (Wildman–Crippen LogP) is 1.57. The second-order valence-corrected chi connectivity index (χ2v) is 5.37. The van der Waals surface area contributed by atoms with Gasteiger partial charge >= 0.3 is 5.69 Å². The molecule has 0 saturated carbocycles. The first-order valence-electron chi connectivity index (χ1n) is 7.28. The molecule has 0 spiro atoms. The Hall–Kier alpha value is -1.96. The van der Waals surface area contributed by atoms with Crippen LogP contribution in [-0.2, 0) is 0 Å². The minimum Gasteiger partial charge on any atom is -0.364 e. The molecular formula is C13H22N6O2. The van der Waals surface area contributed by atoms with Crippen LogP contribution < -0.4 is 10.6 Å². The third-order valence-corrected chi connectivity index (χ3v) is 3.58. The molecule has 1 aliphatic heterocycles. The van der Waals surface area contributed by atoms with Gasteiger partial charge in [-0.05, 0) is 39.3 Å². The van der Waals surface area contributed by atoms with Crippen molar-refractivity contribution in [2.24, 2.45) is 5.92 Å². The van der Waals surface area contributed by atoms with Crippen molar-refractivity contribution in [1.29, 1.82) is 0 Å². The van der Waals surface area contributed by atoms with E-state index >= 15 is 0 Å². The van der Waals surface area contributed by atoms with E-state index in [0.29, 0.717) is 30.8 Å². The summed E-state index contributed by atoms with van der Waals surface area (Å²) in [6.07, 6.45) is 3.55. The number of piperidine rings is 1. The van der Waals surface area contributed by atoms with Crippen molar-refractivity contribution >= 4 is 17.5 Å². The van der Waals surface area contributed by atoms with E-state index in [9.17, 15) is 10.1 Å². The van der Waals surface area contributed by atoms with E-state index in [2.05, 4.69) is 32.5 Å². The van der Waals surface area contributed by atoms with Crippen molar-refractivity contribution in [2.75, 3.05) is 43.9 Å². The van der Waals surface area contributed by atoms with E-state index < -0.39 is 4.92 Å². The monoisotopic (exact) mass is 294 g/mol. The molecule has 0 amide bonds. The Labute approximate surface area is 124 Å². The molecule has 116 valence electrons. The zero-order valence-electron chi connectivity index (χ0n) is 12.5. The van der Waals surface area contributed by atoms with Crippen molar-refractivity contribution in [3.63, 3.8) is 0 Å². The summed E-state index contributed by atoms with van der Waals surface area (Å²) in [5.74, 6) is 1.19. The number of rotatable bonds is 6. The zero-order chi connectivity index (χ0) is 15.2. The lowest BCUT2D eigenvalue weighted by Gasteiger charge is -2.29. The summed E-state index contributed by atoms with van der Waals surface area (Å²) in [7, 11) is 2.10. The van der Waals surface area contributed by atoms with Crippen molar-refractivity contribution in [3.8, 4) is 0 Å². The summed E-state index contributed by atoms with van der Waals surface area (Å²) >= 11 is 0. The Morgan fingerprint density at radius 1 is 1.52 bits per heavy atom. The standard InChI is InChI=1S/C13H22N6O2/c1-3-14-13-16-8-11(19(20)21)12(17-13)15-7-10-5-4-6-18(2)9-10/h8,10H,3-7,9H2,1-2H3,(H2,14,15,16,17). The lowest BCUT2D eigenvalue weighted by Crippen LogP contribution is -2.35. The Balaban J connectivity index is 2.05. The molecule has 1 saturated heterocycles. The number of anilines is 2. The SMILES string of the molecule is CCNc1ncc([N+](=O)[O-])c(NCC2CCCN(C)C2)n1. The number of nitrogens with one attached hydrogen (secondary N) is 2. The highest BCUT2D eigenvalue weighted by Crippen LogP contribution is 2.23. The molecule has 1 fully saturated rings. The number of likely N-dealkylation sites (tertiary alicyclic amines) is 1. The second-order valence-electron chi connectivity index (χ2n) is 5.37. The van der Waals surface area contributed by atoms with E-state index in [-0.39, 0.29) is 5.69 Å². The van der Waals surface area contributed by atoms with Crippen molar-refractivity contribution < 1.29 is 4.92 Å². The fourth-order valence-corrected chi connectivity index (χ4v) is 2.56. The van der Waals surface area contributed by atoms with Crippen molar-refractivity contribution in [1.82, 2.24) is 14.9 Å². The molecule has 2 N–H and O–H groups in total. The van der Waals surface area contributed by atoms with Gasteiger partial charge in [-0.1, -0.05) is 0 Å². The maximum absolute atomic E-state index is 11.1. The van der Waals surface area contributed by atoms with Crippen LogP contribution >= 0.6 is 0 Å². The quantitative estimate of drug-likeness (QED) is 0.607. The molecule has 0 aromatic carbocycles. The molecule has 1 aliphatic rings. The molecule has 1 unspecified atom stereocenters. The minimum atomic E-state index is -0.453. The van der Waals surface area contributed by atoms with Crippen LogP contribution in [0.15, 0.2) is 6.20 Å². The maximum Gasteiger partial charge on any atom is 0.329 e. The summed E-state index contributed by atoms with van der Waals surface area (Å²) in [5, 5.41) is 17.1. The van der Waals surface area contributed by atoms with Gasteiger partial charge in [-0.15, -0.1) is 0 Å². The van der Waals surface area contributed by atoms with Gasteiger partial charge < -0.3 is 15.5 Å². The van der Waals surface area contributed by atoms with E-state index in [0.717, 1.165) is 25.9 Å². The molecule has 0 bridgehead atoms.